The number of esters is 1. The van der Waals surface area contributed by atoms with Gasteiger partial charge in [0.1, 0.15) is 5.82 Å². The van der Waals surface area contributed by atoms with E-state index >= 15 is 0 Å². The molecule has 1 aliphatic carbocycles. The number of aromatic nitrogens is 1. The van der Waals surface area contributed by atoms with Crippen molar-refractivity contribution in [2.75, 3.05) is 39.5 Å². The van der Waals surface area contributed by atoms with Crippen LogP contribution in [0.2, 0.25) is 0 Å². The third-order valence-corrected chi connectivity index (χ3v) is 6.61. The molecule has 4 rings (SSSR count). The molecule has 1 aliphatic heterocycles. The second-order valence-corrected chi connectivity index (χ2v) is 8.70. The maximum atomic E-state index is 13.4. The van der Waals surface area contributed by atoms with Gasteiger partial charge in [0, 0.05) is 36.6 Å². The first kappa shape index (κ1) is 22.6. The quantitative estimate of drug-likeness (QED) is 0.692. The summed E-state index contributed by atoms with van der Waals surface area (Å²) in [5, 5.41) is 3.63. The number of nitrogens with one attached hydrogen (secondary N) is 1. The van der Waals surface area contributed by atoms with E-state index in [4.69, 9.17) is 9.47 Å². The van der Waals surface area contributed by atoms with Gasteiger partial charge in [-0.25, -0.2) is 9.18 Å². The van der Waals surface area contributed by atoms with Crippen LogP contribution in [0.1, 0.15) is 48.2 Å². The van der Waals surface area contributed by atoms with Crippen LogP contribution in [0.25, 0.3) is 10.9 Å². The zero-order valence-corrected chi connectivity index (χ0v) is 18.5. The van der Waals surface area contributed by atoms with Crippen molar-refractivity contribution in [3.05, 3.63) is 41.3 Å². The number of nitrogens with zero attached hydrogens (tertiary/aromatic N) is 2. The second kappa shape index (κ2) is 9.92. The first-order chi connectivity index (χ1) is 15.5. The molecule has 2 aromatic rings. The Morgan fingerprint density at radius 3 is 2.69 bits per heavy atom. The molecule has 1 aromatic carbocycles. The summed E-state index contributed by atoms with van der Waals surface area (Å²) in [4.78, 5) is 31.8. The molecule has 1 N–H and O–H groups in total. The van der Waals surface area contributed by atoms with E-state index in [0.717, 1.165) is 52.0 Å². The molecule has 0 unspecified atom stereocenters. The zero-order valence-electron chi connectivity index (χ0n) is 18.5. The molecular weight excluding hydrogens is 413 g/mol. The number of carbonyl (C=O) groups is 2. The average Bonchev–Trinajstić information content (AvgIpc) is 2.82. The van der Waals surface area contributed by atoms with Crippen molar-refractivity contribution in [3.8, 4) is 0 Å². The fourth-order valence-electron chi connectivity index (χ4n) is 4.82. The van der Waals surface area contributed by atoms with Gasteiger partial charge in [-0.3, -0.25) is 14.7 Å². The summed E-state index contributed by atoms with van der Waals surface area (Å²) in [7, 11) is 0. The Hall–Kier alpha value is -2.58. The maximum absolute atomic E-state index is 13.4. The molecule has 2 heterocycles. The molecule has 1 saturated carbocycles. The Morgan fingerprint density at radius 2 is 1.94 bits per heavy atom. The third-order valence-electron chi connectivity index (χ3n) is 6.61. The first-order valence-electron chi connectivity index (χ1n) is 11.3. The van der Waals surface area contributed by atoms with Gasteiger partial charge in [0.25, 0.3) is 5.91 Å². The summed E-state index contributed by atoms with van der Waals surface area (Å²) >= 11 is 0. The van der Waals surface area contributed by atoms with E-state index in [-0.39, 0.29) is 29.4 Å². The van der Waals surface area contributed by atoms with Crippen LogP contribution in [-0.4, -0.2) is 66.8 Å². The number of hydrogen-bond acceptors (Lipinski definition) is 6. The number of morpholine rings is 1. The minimum Gasteiger partial charge on any atom is -0.452 e. The molecule has 172 valence electrons. The zero-order chi connectivity index (χ0) is 22.6. The highest BCUT2D eigenvalue weighted by Crippen LogP contribution is 2.33. The lowest BCUT2D eigenvalue weighted by atomic mass is 9.79. The predicted octanol–water partition coefficient (Wildman–Crippen LogP) is 2.99. The van der Waals surface area contributed by atoms with Gasteiger partial charge in [-0.15, -0.1) is 0 Å². The van der Waals surface area contributed by atoms with Crippen molar-refractivity contribution in [1.29, 1.82) is 0 Å². The number of ether oxygens (including phenoxy) is 2. The van der Waals surface area contributed by atoms with Crippen LogP contribution in [0.5, 0.6) is 0 Å². The van der Waals surface area contributed by atoms with E-state index in [9.17, 15) is 14.0 Å². The molecule has 1 saturated heterocycles. The Kier molecular flexibility index (Phi) is 7.01. The average molecular weight is 444 g/mol. The number of pyridine rings is 1. The smallest absolute Gasteiger partial charge is 0.340 e. The molecule has 7 nitrogen and oxygen atoms in total. The monoisotopic (exact) mass is 443 g/mol. The third kappa shape index (κ3) is 5.07. The lowest BCUT2D eigenvalue weighted by Crippen LogP contribution is -2.59. The summed E-state index contributed by atoms with van der Waals surface area (Å²) < 4.78 is 24.2. The van der Waals surface area contributed by atoms with Crippen molar-refractivity contribution in [3.63, 3.8) is 0 Å². The van der Waals surface area contributed by atoms with Gasteiger partial charge in [-0.1, -0.05) is 19.3 Å². The molecule has 0 atom stereocenters. The molecule has 32 heavy (non-hydrogen) atoms. The molecule has 1 aromatic heterocycles. The van der Waals surface area contributed by atoms with Crippen LogP contribution in [0.4, 0.5) is 4.39 Å². The summed E-state index contributed by atoms with van der Waals surface area (Å²) in [6.07, 6.45) is 5.63. The van der Waals surface area contributed by atoms with E-state index in [2.05, 4.69) is 15.2 Å². The number of hydrogen-bond donors (Lipinski definition) is 1. The van der Waals surface area contributed by atoms with E-state index in [1.165, 1.54) is 18.6 Å². The van der Waals surface area contributed by atoms with Crippen LogP contribution < -0.4 is 5.32 Å². The number of amides is 1. The summed E-state index contributed by atoms with van der Waals surface area (Å²) in [6.45, 7) is 5.06. The highest BCUT2D eigenvalue weighted by atomic mass is 19.1. The van der Waals surface area contributed by atoms with Crippen LogP contribution >= 0.6 is 0 Å². The number of fused-ring (bicyclic) bond motifs is 1. The summed E-state index contributed by atoms with van der Waals surface area (Å²) in [5.41, 5.74) is 1.13. The van der Waals surface area contributed by atoms with Gasteiger partial charge >= 0.3 is 5.97 Å². The molecule has 2 fully saturated rings. The Morgan fingerprint density at radius 1 is 1.19 bits per heavy atom. The van der Waals surface area contributed by atoms with Crippen molar-refractivity contribution < 1.29 is 23.5 Å². The Labute approximate surface area is 187 Å². The lowest BCUT2D eigenvalue weighted by molar-refractivity contribution is -0.125. The van der Waals surface area contributed by atoms with E-state index in [1.807, 2.05) is 0 Å². The van der Waals surface area contributed by atoms with Gasteiger partial charge in [-0.05, 0) is 38.0 Å². The number of aryl methyl sites for hydroxylation is 1. The minimum atomic E-state index is -0.614. The summed E-state index contributed by atoms with van der Waals surface area (Å²) in [6, 6.07) is 5.82. The van der Waals surface area contributed by atoms with Crippen molar-refractivity contribution in [1.82, 2.24) is 15.2 Å². The van der Waals surface area contributed by atoms with Gasteiger partial charge in [0.05, 0.1) is 30.0 Å². The van der Waals surface area contributed by atoms with Gasteiger partial charge in [0.2, 0.25) is 0 Å². The number of halogens is 1. The maximum Gasteiger partial charge on any atom is 0.340 e. The van der Waals surface area contributed by atoms with E-state index in [1.54, 1.807) is 19.1 Å². The molecule has 1 amide bonds. The predicted molar refractivity (Wildman–Crippen MR) is 118 cm³/mol. The first-order valence-corrected chi connectivity index (χ1v) is 11.3. The van der Waals surface area contributed by atoms with Crippen LogP contribution in [0.15, 0.2) is 24.3 Å². The van der Waals surface area contributed by atoms with Crippen LogP contribution in [-0.2, 0) is 14.3 Å². The van der Waals surface area contributed by atoms with Gasteiger partial charge in [-0.2, -0.15) is 0 Å². The number of benzene rings is 1. The topological polar surface area (TPSA) is 80.8 Å². The van der Waals surface area contributed by atoms with Crippen LogP contribution in [0, 0.1) is 12.7 Å². The Balaban J connectivity index is 1.35. The fourth-order valence-corrected chi connectivity index (χ4v) is 4.82. The largest absolute Gasteiger partial charge is 0.452 e. The van der Waals surface area contributed by atoms with Gasteiger partial charge < -0.3 is 14.8 Å². The molecule has 0 spiro atoms. The van der Waals surface area contributed by atoms with Crippen molar-refractivity contribution in [2.45, 2.75) is 44.6 Å². The summed E-state index contributed by atoms with van der Waals surface area (Å²) in [5.74, 6) is -1.31. The van der Waals surface area contributed by atoms with E-state index in [0.29, 0.717) is 23.1 Å². The van der Waals surface area contributed by atoms with E-state index < -0.39 is 5.97 Å². The van der Waals surface area contributed by atoms with Crippen molar-refractivity contribution >= 4 is 22.8 Å². The standard InChI is InChI=1S/C24H30FN3O4/c1-17-20(13-18-5-6-19(25)14-21(18)27-17)23(30)32-15-22(29)26-16-24(7-3-2-4-8-24)28-9-11-31-12-10-28/h5-6,13-14H,2-4,7-12,15-16H2,1H3,(H,26,29). The number of rotatable bonds is 6. The SMILES string of the molecule is Cc1nc2cc(F)ccc2cc1C(=O)OCC(=O)NCC1(N2CCOCC2)CCCCC1. The molecule has 0 radical (unpaired) electrons. The number of carbonyl (C=O) groups excluding carboxylic acids is 2. The highest BCUT2D eigenvalue weighted by Gasteiger charge is 2.38. The van der Waals surface area contributed by atoms with Gasteiger partial charge in [0.15, 0.2) is 6.61 Å². The van der Waals surface area contributed by atoms with Crippen molar-refractivity contribution in [2.24, 2.45) is 0 Å². The minimum absolute atomic E-state index is 0.0458. The second-order valence-electron chi connectivity index (χ2n) is 8.70. The molecule has 0 bridgehead atoms. The lowest BCUT2D eigenvalue weighted by Gasteiger charge is -2.48. The fraction of sp³-hybridized carbons (Fsp3) is 0.542. The molecule has 2 aliphatic rings. The van der Waals surface area contributed by atoms with Crippen LogP contribution in [0.3, 0.4) is 0 Å². The Bertz CT molecular complexity index is 985. The molecular formula is C24H30FN3O4. The highest BCUT2D eigenvalue weighted by molar-refractivity contribution is 5.96. The molecule has 8 heteroatoms. The normalized spacial score (nSPS) is 18.9.